The molecule has 2 N–H and O–H groups in total. The first-order chi connectivity index (χ1) is 8.22. The van der Waals surface area contributed by atoms with Crippen molar-refractivity contribution in [3.8, 4) is 0 Å². The molecule has 0 amide bonds. The molecule has 92 valence electrons. The van der Waals surface area contributed by atoms with Gasteiger partial charge in [0.05, 0.1) is 0 Å². The number of Topliss-reactive ketones (excluding diaryl/α,β-unsaturated/α-hetero) is 1. The summed E-state index contributed by atoms with van der Waals surface area (Å²) in [5.41, 5.74) is 7.23. The smallest absolute Gasteiger partial charge is 0.164 e. The summed E-state index contributed by atoms with van der Waals surface area (Å²) in [5, 5.41) is 0.723. The molecule has 0 aromatic heterocycles. The Hall–Kier alpha value is -0.510. The topological polar surface area (TPSA) is 43.1 Å². The Morgan fingerprint density at radius 1 is 1.53 bits per heavy atom. The number of nitrogens with two attached hydrogens (primary N) is 1. The molecule has 1 aromatic rings. The van der Waals surface area contributed by atoms with Crippen LogP contribution < -0.4 is 5.73 Å². The van der Waals surface area contributed by atoms with E-state index in [0.29, 0.717) is 24.4 Å². The minimum atomic E-state index is 0.0711. The summed E-state index contributed by atoms with van der Waals surface area (Å²) >= 11 is 8.22. The van der Waals surface area contributed by atoms with Crippen molar-refractivity contribution in [3.63, 3.8) is 0 Å². The third kappa shape index (κ3) is 3.03. The van der Waals surface area contributed by atoms with Crippen molar-refractivity contribution in [2.75, 3.05) is 18.1 Å². The summed E-state index contributed by atoms with van der Waals surface area (Å²) in [4.78, 5) is 11.7. The molecule has 1 heterocycles. The minimum absolute atomic E-state index is 0.0711. The second-order valence-corrected chi connectivity index (χ2v) is 5.82. The molecule has 1 fully saturated rings. The number of carbonyl (C=O) groups excluding carboxylic acids is 1. The Labute approximate surface area is 111 Å². The summed E-state index contributed by atoms with van der Waals surface area (Å²) in [7, 11) is 0. The number of hydrogen-bond donors (Lipinski definition) is 1. The van der Waals surface area contributed by atoms with E-state index in [0.717, 1.165) is 10.8 Å². The number of hydrogen-bond acceptors (Lipinski definition) is 3. The molecule has 1 aromatic carbocycles. The number of ketones is 1. The van der Waals surface area contributed by atoms with Crippen LogP contribution in [0.3, 0.4) is 0 Å². The number of carbonyl (C=O) groups is 1. The Morgan fingerprint density at radius 3 is 2.94 bits per heavy atom. The van der Waals surface area contributed by atoms with Gasteiger partial charge in [-0.3, -0.25) is 4.79 Å². The van der Waals surface area contributed by atoms with E-state index in [4.69, 9.17) is 17.3 Å². The van der Waals surface area contributed by atoms with Crippen molar-refractivity contribution in [1.82, 2.24) is 0 Å². The Kier molecular flexibility index (Phi) is 4.48. The maximum atomic E-state index is 11.7. The second-order valence-electron chi connectivity index (χ2n) is 4.26. The van der Waals surface area contributed by atoms with Gasteiger partial charge in [-0.2, -0.15) is 11.8 Å². The summed E-state index contributed by atoms with van der Waals surface area (Å²) in [6.07, 6.45) is 1.56. The van der Waals surface area contributed by atoms with Gasteiger partial charge in [0.25, 0.3) is 0 Å². The van der Waals surface area contributed by atoms with Crippen LogP contribution in [0.25, 0.3) is 0 Å². The Morgan fingerprint density at radius 2 is 2.35 bits per heavy atom. The predicted octanol–water partition coefficient (Wildman–Crippen LogP) is 3.09. The SMILES string of the molecule is NCCC(=O)c1ccc(C2CCSC2)c(Cl)c1. The highest BCUT2D eigenvalue weighted by molar-refractivity contribution is 7.99. The normalized spacial score (nSPS) is 19.5. The number of thioether (sulfide) groups is 1. The van der Waals surface area contributed by atoms with E-state index in [-0.39, 0.29) is 5.78 Å². The molecule has 0 saturated carbocycles. The fourth-order valence-corrected chi connectivity index (χ4v) is 3.67. The zero-order chi connectivity index (χ0) is 12.3. The molecule has 0 radical (unpaired) electrons. The van der Waals surface area contributed by atoms with Gasteiger partial charge >= 0.3 is 0 Å². The van der Waals surface area contributed by atoms with Crippen LogP contribution in [0.15, 0.2) is 18.2 Å². The molecule has 2 rings (SSSR count). The van der Waals surface area contributed by atoms with Gasteiger partial charge in [0, 0.05) is 22.8 Å². The van der Waals surface area contributed by atoms with Crippen LogP contribution in [0.5, 0.6) is 0 Å². The molecule has 1 unspecified atom stereocenters. The van der Waals surface area contributed by atoms with Crippen LogP contribution in [0.2, 0.25) is 5.02 Å². The first-order valence-corrected chi connectivity index (χ1v) is 7.36. The lowest BCUT2D eigenvalue weighted by atomic mass is 9.96. The molecule has 2 nitrogen and oxygen atoms in total. The van der Waals surface area contributed by atoms with Gasteiger partial charge in [0.2, 0.25) is 0 Å². The predicted molar refractivity (Wildman–Crippen MR) is 74.1 cm³/mol. The van der Waals surface area contributed by atoms with Crippen molar-refractivity contribution in [3.05, 3.63) is 34.3 Å². The lowest BCUT2D eigenvalue weighted by Gasteiger charge is -2.12. The lowest BCUT2D eigenvalue weighted by molar-refractivity contribution is 0.0985. The number of benzene rings is 1. The van der Waals surface area contributed by atoms with Crippen molar-refractivity contribution < 1.29 is 4.79 Å². The van der Waals surface area contributed by atoms with Crippen LogP contribution >= 0.6 is 23.4 Å². The second kappa shape index (κ2) is 5.89. The monoisotopic (exact) mass is 269 g/mol. The largest absolute Gasteiger partial charge is 0.330 e. The maximum Gasteiger partial charge on any atom is 0.164 e. The van der Waals surface area contributed by atoms with Gasteiger partial charge in [0.15, 0.2) is 5.78 Å². The number of halogens is 1. The van der Waals surface area contributed by atoms with E-state index in [1.54, 1.807) is 6.07 Å². The van der Waals surface area contributed by atoms with E-state index >= 15 is 0 Å². The first-order valence-electron chi connectivity index (χ1n) is 5.83. The lowest BCUT2D eigenvalue weighted by Crippen LogP contribution is -2.08. The zero-order valence-electron chi connectivity index (χ0n) is 9.62. The van der Waals surface area contributed by atoms with Crippen LogP contribution in [-0.4, -0.2) is 23.8 Å². The van der Waals surface area contributed by atoms with E-state index in [2.05, 4.69) is 0 Å². The van der Waals surface area contributed by atoms with Crippen molar-refractivity contribution in [1.29, 1.82) is 0 Å². The molecule has 1 saturated heterocycles. The average Bonchev–Trinajstić information content (AvgIpc) is 2.82. The summed E-state index contributed by atoms with van der Waals surface area (Å²) in [5.74, 6) is 2.96. The fourth-order valence-electron chi connectivity index (χ4n) is 2.09. The van der Waals surface area contributed by atoms with E-state index in [1.165, 1.54) is 17.7 Å². The van der Waals surface area contributed by atoms with Gasteiger partial charge in [-0.15, -0.1) is 0 Å². The Balaban J connectivity index is 2.19. The standard InChI is InChI=1S/C13H16ClNOS/c14-12-7-9(13(16)3-5-15)1-2-11(12)10-4-6-17-8-10/h1-2,7,10H,3-6,8,15H2. The summed E-state index contributed by atoms with van der Waals surface area (Å²) in [6.45, 7) is 0.386. The van der Waals surface area contributed by atoms with Gasteiger partial charge in [0.1, 0.15) is 0 Å². The molecular weight excluding hydrogens is 254 g/mol. The van der Waals surface area contributed by atoms with Gasteiger partial charge < -0.3 is 5.73 Å². The maximum absolute atomic E-state index is 11.7. The molecule has 1 aliphatic heterocycles. The fraction of sp³-hybridized carbons (Fsp3) is 0.462. The molecule has 0 aliphatic carbocycles. The minimum Gasteiger partial charge on any atom is -0.330 e. The molecule has 0 bridgehead atoms. The van der Waals surface area contributed by atoms with Crippen LogP contribution in [-0.2, 0) is 0 Å². The van der Waals surface area contributed by atoms with E-state index < -0.39 is 0 Å². The van der Waals surface area contributed by atoms with Gasteiger partial charge in [-0.05, 0) is 36.3 Å². The molecule has 1 atom stereocenters. The van der Waals surface area contributed by atoms with E-state index in [1.807, 2.05) is 23.9 Å². The quantitative estimate of drug-likeness (QED) is 0.854. The molecule has 0 spiro atoms. The average molecular weight is 270 g/mol. The summed E-state index contributed by atoms with van der Waals surface area (Å²) < 4.78 is 0. The highest BCUT2D eigenvalue weighted by atomic mass is 35.5. The van der Waals surface area contributed by atoms with Gasteiger partial charge in [-0.25, -0.2) is 0 Å². The van der Waals surface area contributed by atoms with Gasteiger partial charge in [-0.1, -0.05) is 23.7 Å². The molecule has 1 aliphatic rings. The highest BCUT2D eigenvalue weighted by Crippen LogP contribution is 2.36. The molecule has 17 heavy (non-hydrogen) atoms. The van der Waals surface area contributed by atoms with E-state index in [9.17, 15) is 4.79 Å². The van der Waals surface area contributed by atoms with Crippen LogP contribution in [0, 0.1) is 0 Å². The van der Waals surface area contributed by atoms with Crippen molar-refractivity contribution in [2.45, 2.75) is 18.8 Å². The Bertz CT molecular complexity index is 416. The van der Waals surface area contributed by atoms with Crippen molar-refractivity contribution >= 4 is 29.1 Å². The number of rotatable bonds is 4. The van der Waals surface area contributed by atoms with Crippen molar-refractivity contribution in [2.24, 2.45) is 5.73 Å². The molecule has 4 heteroatoms. The third-order valence-corrected chi connectivity index (χ3v) is 4.55. The van der Waals surface area contributed by atoms with Crippen LogP contribution in [0.4, 0.5) is 0 Å². The molecular formula is C13H16ClNOS. The first kappa shape index (κ1) is 12.9. The van der Waals surface area contributed by atoms with Crippen LogP contribution in [0.1, 0.15) is 34.7 Å². The third-order valence-electron chi connectivity index (χ3n) is 3.06. The summed E-state index contributed by atoms with van der Waals surface area (Å²) in [6, 6.07) is 5.67. The zero-order valence-corrected chi connectivity index (χ0v) is 11.2. The highest BCUT2D eigenvalue weighted by Gasteiger charge is 2.20.